The van der Waals surface area contributed by atoms with E-state index in [9.17, 15) is 8.42 Å². The predicted octanol–water partition coefficient (Wildman–Crippen LogP) is 4.78. The molecule has 160 valence electrons. The lowest BCUT2D eigenvalue weighted by molar-refractivity contribution is 0.403. The smallest absolute Gasteiger partial charge is 0.265 e. The van der Waals surface area contributed by atoms with Crippen LogP contribution < -0.4 is 9.46 Å². The molecule has 1 N–H and O–H groups in total. The first-order valence-electron chi connectivity index (χ1n) is 9.49. The van der Waals surface area contributed by atoms with Crippen LogP contribution in [0.5, 0.6) is 5.75 Å². The van der Waals surface area contributed by atoms with Crippen LogP contribution in [-0.2, 0) is 10.0 Å². The molecule has 2 aromatic heterocycles. The standard InChI is InChI=1S/C22H21ClN4O3S/c1-13-9-17(23)6-7-19(13)26-31(28,29)21-11-16(5-8-20(21)30-4)18-12-24-27-15(3)10-14(2)25-22(18)27/h5-12,26H,1-4H3. The van der Waals surface area contributed by atoms with E-state index in [0.717, 1.165) is 17.0 Å². The van der Waals surface area contributed by atoms with Gasteiger partial charge in [0, 0.05) is 22.0 Å². The molecular formula is C22H21ClN4O3S. The molecule has 7 nitrogen and oxygen atoms in total. The Hall–Kier alpha value is -3.10. The zero-order valence-electron chi connectivity index (χ0n) is 17.5. The SMILES string of the molecule is COc1ccc(-c2cnn3c(C)cc(C)nc23)cc1S(=O)(=O)Nc1ccc(Cl)cc1C. The molecule has 31 heavy (non-hydrogen) atoms. The monoisotopic (exact) mass is 456 g/mol. The number of aryl methyl sites for hydroxylation is 3. The second kappa shape index (κ2) is 7.86. The summed E-state index contributed by atoms with van der Waals surface area (Å²) >= 11 is 5.99. The zero-order valence-corrected chi connectivity index (χ0v) is 19.0. The van der Waals surface area contributed by atoms with Gasteiger partial charge in [0.05, 0.1) is 19.0 Å². The van der Waals surface area contributed by atoms with Crippen molar-refractivity contribution in [2.45, 2.75) is 25.7 Å². The van der Waals surface area contributed by atoms with Crippen LogP contribution in [0.3, 0.4) is 0 Å². The number of nitrogens with zero attached hydrogens (tertiary/aromatic N) is 3. The minimum Gasteiger partial charge on any atom is -0.495 e. The Balaban J connectivity index is 1.83. The topological polar surface area (TPSA) is 85.6 Å². The van der Waals surface area contributed by atoms with E-state index in [1.807, 2.05) is 19.9 Å². The highest BCUT2D eigenvalue weighted by atomic mass is 35.5. The number of aromatic nitrogens is 3. The summed E-state index contributed by atoms with van der Waals surface area (Å²) in [4.78, 5) is 4.61. The van der Waals surface area contributed by atoms with Gasteiger partial charge >= 0.3 is 0 Å². The molecule has 0 aliphatic rings. The molecular weight excluding hydrogens is 436 g/mol. The first-order chi connectivity index (χ1) is 14.7. The van der Waals surface area contributed by atoms with Gasteiger partial charge in [0.1, 0.15) is 10.6 Å². The largest absolute Gasteiger partial charge is 0.495 e. The number of benzene rings is 2. The van der Waals surface area contributed by atoms with Crippen molar-refractivity contribution in [3.8, 4) is 16.9 Å². The van der Waals surface area contributed by atoms with Gasteiger partial charge in [-0.05, 0) is 68.3 Å². The van der Waals surface area contributed by atoms with Crippen LogP contribution in [0.4, 0.5) is 5.69 Å². The van der Waals surface area contributed by atoms with Crippen LogP contribution in [0.25, 0.3) is 16.8 Å². The van der Waals surface area contributed by atoms with Gasteiger partial charge in [-0.3, -0.25) is 4.72 Å². The molecule has 2 aromatic carbocycles. The van der Waals surface area contributed by atoms with Crippen molar-refractivity contribution >= 4 is 33.0 Å². The van der Waals surface area contributed by atoms with E-state index < -0.39 is 10.0 Å². The Labute approximate surface area is 185 Å². The number of hydrogen-bond acceptors (Lipinski definition) is 5. The quantitative estimate of drug-likeness (QED) is 0.467. The average Bonchev–Trinajstić information content (AvgIpc) is 3.13. The molecule has 0 saturated heterocycles. The number of hydrogen-bond donors (Lipinski definition) is 1. The third-order valence-corrected chi connectivity index (χ3v) is 6.60. The number of anilines is 1. The Morgan fingerprint density at radius 3 is 2.55 bits per heavy atom. The highest BCUT2D eigenvalue weighted by Gasteiger charge is 2.22. The highest BCUT2D eigenvalue weighted by molar-refractivity contribution is 7.92. The van der Waals surface area contributed by atoms with E-state index in [1.54, 1.807) is 54.0 Å². The zero-order chi connectivity index (χ0) is 22.3. The molecule has 9 heteroatoms. The van der Waals surface area contributed by atoms with Gasteiger partial charge in [-0.15, -0.1) is 0 Å². The van der Waals surface area contributed by atoms with E-state index in [-0.39, 0.29) is 10.6 Å². The fourth-order valence-corrected chi connectivity index (χ4v) is 5.02. The summed E-state index contributed by atoms with van der Waals surface area (Å²) in [5.74, 6) is 0.236. The maximum absolute atomic E-state index is 13.3. The number of ether oxygens (including phenoxy) is 1. The van der Waals surface area contributed by atoms with Crippen LogP contribution >= 0.6 is 11.6 Å². The summed E-state index contributed by atoms with van der Waals surface area (Å²) in [7, 11) is -2.50. The van der Waals surface area contributed by atoms with E-state index in [2.05, 4.69) is 14.8 Å². The van der Waals surface area contributed by atoms with Crippen molar-refractivity contribution < 1.29 is 13.2 Å². The van der Waals surface area contributed by atoms with E-state index in [4.69, 9.17) is 16.3 Å². The summed E-state index contributed by atoms with van der Waals surface area (Å²) in [6.45, 7) is 5.64. The van der Waals surface area contributed by atoms with Gasteiger partial charge in [-0.1, -0.05) is 17.7 Å². The molecule has 0 amide bonds. The number of fused-ring (bicyclic) bond motifs is 1. The lowest BCUT2D eigenvalue weighted by Crippen LogP contribution is -2.15. The van der Waals surface area contributed by atoms with Gasteiger partial charge < -0.3 is 4.74 Å². The van der Waals surface area contributed by atoms with Crippen molar-refractivity contribution in [2.24, 2.45) is 0 Å². The number of sulfonamides is 1. The molecule has 0 fully saturated rings. The molecule has 2 heterocycles. The molecule has 0 atom stereocenters. The lowest BCUT2D eigenvalue weighted by atomic mass is 10.1. The average molecular weight is 457 g/mol. The summed E-state index contributed by atoms with van der Waals surface area (Å²) in [5, 5.41) is 4.94. The van der Waals surface area contributed by atoms with Crippen LogP contribution in [0.15, 0.2) is 53.6 Å². The minimum atomic E-state index is -3.94. The second-order valence-electron chi connectivity index (χ2n) is 7.26. The first kappa shape index (κ1) is 21.1. The van der Waals surface area contributed by atoms with Gasteiger partial charge in [0.2, 0.25) is 0 Å². The highest BCUT2D eigenvalue weighted by Crippen LogP contribution is 2.33. The van der Waals surface area contributed by atoms with Crippen molar-refractivity contribution in [1.82, 2.24) is 14.6 Å². The molecule has 0 spiro atoms. The van der Waals surface area contributed by atoms with E-state index >= 15 is 0 Å². The molecule has 4 rings (SSSR count). The van der Waals surface area contributed by atoms with Crippen LogP contribution in [0.2, 0.25) is 5.02 Å². The number of rotatable bonds is 5. The van der Waals surface area contributed by atoms with Gasteiger partial charge in [0.25, 0.3) is 10.0 Å². The molecule has 4 aromatic rings. The third kappa shape index (κ3) is 3.96. The fourth-order valence-electron chi connectivity index (χ4n) is 3.47. The fraction of sp³-hybridized carbons (Fsp3) is 0.182. The van der Waals surface area contributed by atoms with E-state index in [0.29, 0.717) is 27.5 Å². The Morgan fingerprint density at radius 1 is 1.06 bits per heavy atom. The molecule has 0 aliphatic carbocycles. The summed E-state index contributed by atoms with van der Waals surface area (Å²) < 4.78 is 36.2. The Morgan fingerprint density at radius 2 is 1.84 bits per heavy atom. The van der Waals surface area contributed by atoms with Gasteiger partial charge in [0.15, 0.2) is 5.65 Å². The minimum absolute atomic E-state index is 0.0191. The van der Waals surface area contributed by atoms with Crippen molar-refractivity contribution in [3.63, 3.8) is 0 Å². The molecule has 0 aliphatic heterocycles. The van der Waals surface area contributed by atoms with Gasteiger partial charge in [-0.2, -0.15) is 5.10 Å². The maximum atomic E-state index is 13.3. The van der Waals surface area contributed by atoms with Crippen LogP contribution in [-0.4, -0.2) is 30.1 Å². The summed E-state index contributed by atoms with van der Waals surface area (Å²) in [5.41, 5.74) is 5.01. The predicted molar refractivity (Wildman–Crippen MR) is 121 cm³/mol. The second-order valence-corrected chi connectivity index (χ2v) is 9.35. The number of methoxy groups -OCH3 is 1. The van der Waals surface area contributed by atoms with E-state index in [1.165, 1.54) is 7.11 Å². The molecule has 0 saturated carbocycles. The van der Waals surface area contributed by atoms with Crippen LogP contribution in [0.1, 0.15) is 17.0 Å². The Kier molecular flexibility index (Phi) is 5.36. The Bertz CT molecular complexity index is 1410. The van der Waals surface area contributed by atoms with Crippen molar-refractivity contribution in [1.29, 1.82) is 0 Å². The lowest BCUT2D eigenvalue weighted by Gasteiger charge is -2.14. The van der Waals surface area contributed by atoms with Crippen molar-refractivity contribution in [2.75, 3.05) is 11.8 Å². The first-order valence-corrected chi connectivity index (χ1v) is 11.3. The number of halogens is 1. The molecule has 0 unspecified atom stereocenters. The maximum Gasteiger partial charge on any atom is 0.265 e. The van der Waals surface area contributed by atoms with Crippen LogP contribution in [0, 0.1) is 20.8 Å². The third-order valence-electron chi connectivity index (χ3n) is 4.97. The molecule has 0 radical (unpaired) electrons. The normalized spacial score (nSPS) is 11.6. The van der Waals surface area contributed by atoms with Gasteiger partial charge in [-0.25, -0.2) is 17.9 Å². The van der Waals surface area contributed by atoms with Crippen molar-refractivity contribution in [3.05, 3.63) is 70.6 Å². The summed E-state index contributed by atoms with van der Waals surface area (Å²) in [6.07, 6.45) is 1.68. The molecule has 0 bridgehead atoms. The number of nitrogens with one attached hydrogen (secondary N) is 1. The summed E-state index contributed by atoms with van der Waals surface area (Å²) in [6, 6.07) is 11.9.